The van der Waals surface area contributed by atoms with Crippen LogP contribution < -0.4 is 5.32 Å². The number of benzene rings is 1. The molecule has 2 amide bonds. The van der Waals surface area contributed by atoms with E-state index in [0.29, 0.717) is 22.6 Å². The lowest BCUT2D eigenvalue weighted by molar-refractivity contribution is -0.126. The highest BCUT2D eigenvalue weighted by Gasteiger charge is 2.27. The maximum atomic E-state index is 12.1. The molecule has 1 aromatic carbocycles. The van der Waals surface area contributed by atoms with E-state index in [2.05, 4.69) is 5.32 Å². The minimum Gasteiger partial charge on any atom is -0.459 e. The van der Waals surface area contributed by atoms with Gasteiger partial charge in [0.2, 0.25) is 0 Å². The van der Waals surface area contributed by atoms with E-state index in [-0.39, 0.29) is 22.8 Å². The van der Waals surface area contributed by atoms with E-state index in [0.717, 1.165) is 0 Å². The largest absolute Gasteiger partial charge is 0.459 e. The highest BCUT2D eigenvalue weighted by atomic mass is 16.5. The third kappa shape index (κ3) is 4.17. The number of hydrogen-bond acceptors (Lipinski definition) is 6. The van der Waals surface area contributed by atoms with E-state index >= 15 is 0 Å². The maximum absolute atomic E-state index is 12.1. The van der Waals surface area contributed by atoms with Gasteiger partial charge < -0.3 is 9.15 Å². The summed E-state index contributed by atoms with van der Waals surface area (Å²) in [5.41, 5.74) is 1.42. The third-order valence-electron chi connectivity index (χ3n) is 4.23. The topological polar surface area (TPSA) is 109 Å². The van der Waals surface area contributed by atoms with E-state index in [9.17, 15) is 14.4 Å². The Balaban J connectivity index is 1.92. The molecule has 0 atom stereocenters. The summed E-state index contributed by atoms with van der Waals surface area (Å²) in [7, 11) is 0. The Hall–Kier alpha value is -3.92. The van der Waals surface area contributed by atoms with Crippen LogP contribution in [0.3, 0.4) is 0 Å². The highest BCUT2D eigenvalue weighted by molar-refractivity contribution is 6.19. The lowest BCUT2D eigenvalue weighted by Gasteiger charge is -2.15. The lowest BCUT2D eigenvalue weighted by Crippen LogP contribution is -2.37. The van der Waals surface area contributed by atoms with Crippen molar-refractivity contribution in [2.24, 2.45) is 0 Å². The Morgan fingerprint density at radius 1 is 1.21 bits per heavy atom. The lowest BCUT2D eigenvalue weighted by atomic mass is 9.96. The molecule has 2 aromatic rings. The second kappa shape index (κ2) is 7.98. The van der Waals surface area contributed by atoms with Crippen LogP contribution in [0.15, 0.2) is 57.5 Å². The van der Waals surface area contributed by atoms with E-state index in [1.165, 1.54) is 13.0 Å². The van der Waals surface area contributed by atoms with Gasteiger partial charge in [0.1, 0.15) is 23.2 Å². The predicted molar refractivity (Wildman–Crippen MR) is 104 cm³/mol. The molecule has 1 aromatic heterocycles. The standard InChI is InChI=1S/C22H18N2O5/c1-12(2)28-22(27)15-6-4-5-14(9-15)19-8-7-16(29-19)10-17-13(3)18(11-23)21(26)24-20(17)25/h4-10,12H,1-3H3,(H,24,25,26)/b17-10-. The first kappa shape index (κ1) is 19.8. The molecule has 0 unspecified atom stereocenters. The summed E-state index contributed by atoms with van der Waals surface area (Å²) in [5, 5.41) is 11.2. The third-order valence-corrected chi connectivity index (χ3v) is 4.23. The molecule has 0 aliphatic carbocycles. The van der Waals surface area contributed by atoms with Crippen molar-refractivity contribution in [1.29, 1.82) is 5.26 Å². The van der Waals surface area contributed by atoms with Crippen LogP contribution in [0.2, 0.25) is 0 Å². The highest BCUT2D eigenvalue weighted by Crippen LogP contribution is 2.27. The Morgan fingerprint density at radius 2 is 1.97 bits per heavy atom. The van der Waals surface area contributed by atoms with Crippen LogP contribution in [0.4, 0.5) is 0 Å². The van der Waals surface area contributed by atoms with Gasteiger partial charge in [-0.15, -0.1) is 0 Å². The smallest absolute Gasteiger partial charge is 0.338 e. The summed E-state index contributed by atoms with van der Waals surface area (Å²) < 4.78 is 11.0. The average Bonchev–Trinajstić information content (AvgIpc) is 3.14. The summed E-state index contributed by atoms with van der Waals surface area (Å²) in [6, 6.07) is 12.0. The summed E-state index contributed by atoms with van der Waals surface area (Å²) >= 11 is 0. The normalized spacial score (nSPS) is 15.5. The van der Waals surface area contributed by atoms with E-state index in [1.807, 2.05) is 0 Å². The first-order chi connectivity index (χ1) is 13.8. The molecule has 0 bridgehead atoms. The molecule has 2 heterocycles. The van der Waals surface area contributed by atoms with Crippen LogP contribution in [0.1, 0.15) is 36.9 Å². The molecule has 7 heteroatoms. The number of nitriles is 1. The maximum Gasteiger partial charge on any atom is 0.338 e. The molecule has 3 rings (SSSR count). The van der Waals surface area contributed by atoms with Gasteiger partial charge >= 0.3 is 5.97 Å². The van der Waals surface area contributed by atoms with Gasteiger partial charge in [-0.25, -0.2) is 4.79 Å². The molecule has 1 aliphatic heterocycles. The number of imide groups is 1. The first-order valence-corrected chi connectivity index (χ1v) is 8.90. The van der Waals surface area contributed by atoms with E-state index < -0.39 is 17.8 Å². The van der Waals surface area contributed by atoms with Crippen LogP contribution in [0.5, 0.6) is 0 Å². The van der Waals surface area contributed by atoms with Gasteiger partial charge in [-0.05, 0) is 56.7 Å². The number of esters is 1. The van der Waals surface area contributed by atoms with Crippen molar-refractivity contribution in [3.63, 3.8) is 0 Å². The van der Waals surface area contributed by atoms with Crippen molar-refractivity contribution in [3.05, 3.63) is 64.4 Å². The molecule has 0 saturated heterocycles. The Bertz CT molecular complexity index is 1110. The molecule has 0 saturated carbocycles. The number of nitrogens with one attached hydrogen (secondary N) is 1. The number of furan rings is 1. The van der Waals surface area contributed by atoms with Crippen molar-refractivity contribution < 1.29 is 23.5 Å². The summed E-state index contributed by atoms with van der Waals surface area (Å²) in [6.45, 7) is 5.09. The fourth-order valence-corrected chi connectivity index (χ4v) is 2.83. The number of rotatable bonds is 4. The molecular formula is C22H18N2O5. The van der Waals surface area contributed by atoms with E-state index in [4.69, 9.17) is 14.4 Å². The van der Waals surface area contributed by atoms with Crippen LogP contribution in [0.25, 0.3) is 17.4 Å². The van der Waals surface area contributed by atoms with Gasteiger partial charge in [-0.3, -0.25) is 14.9 Å². The molecule has 7 nitrogen and oxygen atoms in total. The van der Waals surface area contributed by atoms with Gasteiger partial charge in [0.25, 0.3) is 11.8 Å². The molecule has 1 N–H and O–H groups in total. The van der Waals surface area contributed by atoms with Crippen molar-refractivity contribution in [3.8, 4) is 17.4 Å². The minimum atomic E-state index is -0.711. The monoisotopic (exact) mass is 390 g/mol. The zero-order chi connectivity index (χ0) is 21.1. The molecule has 0 spiro atoms. The quantitative estimate of drug-likeness (QED) is 0.487. The second-order valence-corrected chi connectivity index (χ2v) is 6.69. The van der Waals surface area contributed by atoms with Crippen molar-refractivity contribution >= 4 is 23.9 Å². The molecule has 0 fully saturated rings. The van der Waals surface area contributed by atoms with E-state index in [1.54, 1.807) is 56.3 Å². The zero-order valence-electron chi connectivity index (χ0n) is 16.1. The van der Waals surface area contributed by atoms with Gasteiger partial charge in [0, 0.05) is 11.1 Å². The van der Waals surface area contributed by atoms with Crippen LogP contribution in [-0.2, 0) is 14.3 Å². The summed E-state index contributed by atoms with van der Waals surface area (Å²) in [6.07, 6.45) is 1.24. The molecule has 29 heavy (non-hydrogen) atoms. The first-order valence-electron chi connectivity index (χ1n) is 8.90. The minimum absolute atomic E-state index is 0.112. The number of carbonyl (C=O) groups is 3. The zero-order valence-corrected chi connectivity index (χ0v) is 16.1. The number of carbonyl (C=O) groups excluding carboxylic acids is 3. The fourth-order valence-electron chi connectivity index (χ4n) is 2.83. The second-order valence-electron chi connectivity index (χ2n) is 6.69. The van der Waals surface area contributed by atoms with Crippen LogP contribution in [0, 0.1) is 11.3 Å². The molecule has 1 aliphatic rings. The Labute approximate surface area is 167 Å². The summed E-state index contributed by atoms with van der Waals surface area (Å²) in [5.74, 6) is -0.874. The number of hydrogen-bond donors (Lipinski definition) is 1. The number of nitrogens with zero attached hydrogens (tertiary/aromatic N) is 1. The number of ether oxygens (including phenoxy) is 1. The van der Waals surface area contributed by atoms with Gasteiger partial charge in [-0.2, -0.15) is 5.26 Å². The van der Waals surface area contributed by atoms with Crippen molar-refractivity contribution in [2.75, 3.05) is 0 Å². The van der Waals surface area contributed by atoms with Crippen molar-refractivity contribution in [1.82, 2.24) is 5.32 Å². The Kier molecular flexibility index (Phi) is 5.46. The van der Waals surface area contributed by atoms with Gasteiger partial charge in [0.15, 0.2) is 0 Å². The molecular weight excluding hydrogens is 372 g/mol. The predicted octanol–water partition coefficient (Wildman–Crippen LogP) is 3.39. The molecule has 146 valence electrons. The summed E-state index contributed by atoms with van der Waals surface area (Å²) in [4.78, 5) is 35.9. The van der Waals surface area contributed by atoms with Crippen molar-refractivity contribution in [2.45, 2.75) is 26.9 Å². The van der Waals surface area contributed by atoms with Gasteiger partial charge in [-0.1, -0.05) is 12.1 Å². The van der Waals surface area contributed by atoms with Gasteiger partial charge in [0.05, 0.1) is 11.7 Å². The SMILES string of the molecule is CC1=C(C#N)C(=O)NC(=O)/C1=C\c1ccc(-c2cccc(C(=O)OC(C)C)c2)o1. The van der Waals surface area contributed by atoms with Crippen LogP contribution >= 0.6 is 0 Å². The number of amides is 2. The molecule has 0 radical (unpaired) electrons. The van der Waals surface area contributed by atoms with Crippen LogP contribution in [-0.4, -0.2) is 23.9 Å². The Morgan fingerprint density at radius 3 is 2.66 bits per heavy atom. The average molecular weight is 390 g/mol. The fraction of sp³-hybridized carbons (Fsp3) is 0.182.